The van der Waals surface area contributed by atoms with Crippen LogP contribution in [0.5, 0.6) is 0 Å². The van der Waals surface area contributed by atoms with E-state index in [4.69, 9.17) is 0 Å². The van der Waals surface area contributed by atoms with Crippen molar-refractivity contribution in [2.75, 3.05) is 7.05 Å². The highest BCUT2D eigenvalue weighted by Gasteiger charge is 2.23. The zero-order valence-electron chi connectivity index (χ0n) is 14.9. The molecule has 4 nitrogen and oxygen atoms in total. The number of nitrogens with zero attached hydrogens (tertiary/aromatic N) is 1. The monoisotopic (exact) mass is 382 g/mol. The number of carbonyl (C=O) groups is 2. The van der Waals surface area contributed by atoms with Crippen molar-refractivity contribution in [3.63, 3.8) is 0 Å². The Morgan fingerprint density at radius 1 is 1.19 bits per heavy atom. The standard InChI is InChI=1S/C21H19FN2O2S/c1-24(21(26)19-11-16-17(22)3-2-4-18(16)27-19)12-13-5-7-14(8-6-13)20(25)23-15-9-10-15/h2-8,11,15H,9-10,12H2,1H3,(H,23,25). The Hall–Kier alpha value is -2.73. The molecule has 1 N–H and O–H groups in total. The van der Waals surface area contributed by atoms with E-state index in [9.17, 15) is 14.0 Å². The smallest absolute Gasteiger partial charge is 0.264 e. The molecule has 4 rings (SSSR count). The van der Waals surface area contributed by atoms with Gasteiger partial charge in [-0.05, 0) is 48.7 Å². The van der Waals surface area contributed by atoms with Gasteiger partial charge in [0.05, 0.1) is 4.88 Å². The molecule has 1 aliphatic carbocycles. The van der Waals surface area contributed by atoms with Crippen molar-refractivity contribution in [1.82, 2.24) is 10.2 Å². The third-order valence-corrected chi connectivity index (χ3v) is 5.70. The van der Waals surface area contributed by atoms with Crippen LogP contribution in [0.3, 0.4) is 0 Å². The van der Waals surface area contributed by atoms with Crippen LogP contribution in [0.1, 0.15) is 38.4 Å². The van der Waals surface area contributed by atoms with Crippen LogP contribution in [0.2, 0.25) is 0 Å². The number of amides is 2. The second-order valence-corrected chi connectivity index (χ2v) is 7.95. The van der Waals surface area contributed by atoms with Gasteiger partial charge in [0, 0.05) is 35.3 Å². The molecular formula is C21H19FN2O2S. The molecule has 1 aliphatic rings. The third kappa shape index (κ3) is 3.85. The first-order valence-corrected chi connectivity index (χ1v) is 9.66. The number of nitrogens with one attached hydrogen (secondary N) is 1. The van der Waals surface area contributed by atoms with E-state index in [-0.39, 0.29) is 17.6 Å². The SMILES string of the molecule is CN(Cc1ccc(C(=O)NC2CC2)cc1)C(=O)c1cc2c(F)cccc2s1. The number of hydrogen-bond donors (Lipinski definition) is 1. The first kappa shape index (κ1) is 17.7. The molecule has 1 heterocycles. The highest BCUT2D eigenvalue weighted by molar-refractivity contribution is 7.20. The van der Waals surface area contributed by atoms with Gasteiger partial charge in [0.25, 0.3) is 11.8 Å². The highest BCUT2D eigenvalue weighted by atomic mass is 32.1. The average Bonchev–Trinajstić information content (AvgIpc) is 3.36. The van der Waals surface area contributed by atoms with Crippen LogP contribution in [-0.4, -0.2) is 29.8 Å². The maximum Gasteiger partial charge on any atom is 0.264 e. The van der Waals surface area contributed by atoms with Gasteiger partial charge in [-0.1, -0.05) is 18.2 Å². The minimum Gasteiger partial charge on any atom is -0.349 e. The maximum atomic E-state index is 13.8. The van der Waals surface area contributed by atoms with Gasteiger partial charge in [-0.3, -0.25) is 9.59 Å². The summed E-state index contributed by atoms with van der Waals surface area (Å²) in [5, 5.41) is 3.43. The zero-order chi connectivity index (χ0) is 19.0. The normalized spacial score (nSPS) is 13.6. The van der Waals surface area contributed by atoms with Gasteiger partial charge in [0.2, 0.25) is 0 Å². The fraction of sp³-hybridized carbons (Fsp3) is 0.238. The van der Waals surface area contributed by atoms with E-state index < -0.39 is 0 Å². The minimum atomic E-state index is -0.314. The number of carbonyl (C=O) groups excluding carboxylic acids is 2. The number of halogens is 1. The Kier molecular flexibility index (Phi) is 4.66. The first-order valence-electron chi connectivity index (χ1n) is 8.84. The Morgan fingerprint density at radius 2 is 1.93 bits per heavy atom. The van der Waals surface area contributed by atoms with Crippen LogP contribution in [0, 0.1) is 5.82 Å². The number of benzene rings is 2. The van der Waals surface area contributed by atoms with Crippen LogP contribution in [0.25, 0.3) is 10.1 Å². The second kappa shape index (κ2) is 7.12. The number of hydrogen-bond acceptors (Lipinski definition) is 3. The molecule has 3 aromatic rings. The van der Waals surface area contributed by atoms with Crippen LogP contribution in [-0.2, 0) is 6.54 Å². The molecule has 138 valence electrons. The molecule has 27 heavy (non-hydrogen) atoms. The number of fused-ring (bicyclic) bond motifs is 1. The Labute approximate surface area is 160 Å². The molecule has 1 aromatic heterocycles. The van der Waals surface area contributed by atoms with Gasteiger partial charge >= 0.3 is 0 Å². The summed E-state index contributed by atoms with van der Waals surface area (Å²) in [6, 6.07) is 14.1. The molecule has 0 spiro atoms. The fourth-order valence-corrected chi connectivity index (χ4v) is 3.99. The predicted molar refractivity (Wildman–Crippen MR) is 105 cm³/mol. The molecule has 0 atom stereocenters. The van der Waals surface area contributed by atoms with Gasteiger partial charge < -0.3 is 10.2 Å². The average molecular weight is 382 g/mol. The Balaban J connectivity index is 1.44. The number of thiophene rings is 1. The van der Waals surface area contributed by atoms with E-state index in [1.54, 1.807) is 36.2 Å². The maximum absolute atomic E-state index is 13.8. The van der Waals surface area contributed by atoms with E-state index in [1.165, 1.54) is 17.4 Å². The summed E-state index contributed by atoms with van der Waals surface area (Å²) in [6.45, 7) is 0.417. The molecule has 6 heteroatoms. The quantitative estimate of drug-likeness (QED) is 0.719. The van der Waals surface area contributed by atoms with Gasteiger partial charge in [-0.25, -0.2) is 4.39 Å². The lowest BCUT2D eigenvalue weighted by molar-refractivity contribution is 0.0789. The topological polar surface area (TPSA) is 49.4 Å². The lowest BCUT2D eigenvalue weighted by Crippen LogP contribution is -2.26. The fourth-order valence-electron chi connectivity index (χ4n) is 2.92. The van der Waals surface area contributed by atoms with E-state index in [2.05, 4.69) is 5.32 Å². The van der Waals surface area contributed by atoms with Crippen molar-refractivity contribution in [2.24, 2.45) is 0 Å². The van der Waals surface area contributed by atoms with Crippen LogP contribution < -0.4 is 5.32 Å². The molecule has 0 saturated heterocycles. The molecule has 0 aliphatic heterocycles. The van der Waals surface area contributed by atoms with Gasteiger partial charge in [-0.15, -0.1) is 11.3 Å². The molecule has 2 amide bonds. The van der Waals surface area contributed by atoms with E-state index in [0.29, 0.717) is 28.4 Å². The largest absolute Gasteiger partial charge is 0.349 e. The second-order valence-electron chi connectivity index (χ2n) is 6.87. The summed E-state index contributed by atoms with van der Waals surface area (Å²) in [7, 11) is 1.72. The van der Waals surface area contributed by atoms with Crippen LogP contribution in [0.15, 0.2) is 48.5 Å². The van der Waals surface area contributed by atoms with Crippen molar-refractivity contribution in [2.45, 2.75) is 25.4 Å². The Bertz CT molecular complexity index is 1010. The van der Waals surface area contributed by atoms with E-state index in [1.807, 2.05) is 18.2 Å². The summed E-state index contributed by atoms with van der Waals surface area (Å²) >= 11 is 1.29. The first-order chi connectivity index (χ1) is 13.0. The summed E-state index contributed by atoms with van der Waals surface area (Å²) in [6.07, 6.45) is 2.11. The number of rotatable bonds is 5. The van der Waals surface area contributed by atoms with Crippen molar-refractivity contribution in [3.05, 3.63) is 70.4 Å². The minimum absolute atomic E-state index is 0.0548. The summed E-state index contributed by atoms with van der Waals surface area (Å²) < 4.78 is 14.6. The summed E-state index contributed by atoms with van der Waals surface area (Å²) in [5.41, 5.74) is 1.56. The van der Waals surface area contributed by atoms with Crippen molar-refractivity contribution in [3.8, 4) is 0 Å². The summed E-state index contributed by atoms with van der Waals surface area (Å²) in [4.78, 5) is 26.8. The van der Waals surface area contributed by atoms with E-state index >= 15 is 0 Å². The summed E-state index contributed by atoms with van der Waals surface area (Å²) in [5.74, 6) is -0.516. The third-order valence-electron chi connectivity index (χ3n) is 4.61. The van der Waals surface area contributed by atoms with Gasteiger partial charge in [0.15, 0.2) is 0 Å². The van der Waals surface area contributed by atoms with Crippen molar-refractivity contribution < 1.29 is 14.0 Å². The molecule has 1 fully saturated rings. The molecule has 0 unspecified atom stereocenters. The van der Waals surface area contributed by atoms with Gasteiger partial charge in [-0.2, -0.15) is 0 Å². The lowest BCUT2D eigenvalue weighted by atomic mass is 10.1. The van der Waals surface area contributed by atoms with E-state index in [0.717, 1.165) is 23.1 Å². The molecule has 1 saturated carbocycles. The molecule has 2 aromatic carbocycles. The molecular weight excluding hydrogens is 363 g/mol. The molecule has 0 bridgehead atoms. The van der Waals surface area contributed by atoms with Crippen molar-refractivity contribution in [1.29, 1.82) is 0 Å². The van der Waals surface area contributed by atoms with Crippen LogP contribution >= 0.6 is 11.3 Å². The van der Waals surface area contributed by atoms with Gasteiger partial charge in [0.1, 0.15) is 5.82 Å². The predicted octanol–water partition coefficient (Wildman–Crippen LogP) is 4.20. The highest BCUT2D eigenvalue weighted by Crippen LogP contribution is 2.28. The molecule has 0 radical (unpaired) electrons. The van der Waals surface area contributed by atoms with Crippen LogP contribution in [0.4, 0.5) is 4.39 Å². The zero-order valence-corrected chi connectivity index (χ0v) is 15.7. The van der Waals surface area contributed by atoms with Crippen molar-refractivity contribution >= 4 is 33.2 Å². The lowest BCUT2D eigenvalue weighted by Gasteiger charge is -2.16. The Morgan fingerprint density at radius 3 is 2.59 bits per heavy atom.